The van der Waals surface area contributed by atoms with E-state index in [0.29, 0.717) is 17.4 Å². The highest BCUT2D eigenvalue weighted by Gasteiger charge is 2.34. The fraction of sp³-hybridized carbons (Fsp3) is 0.556. The van der Waals surface area contributed by atoms with Gasteiger partial charge in [-0.25, -0.2) is 8.42 Å². The van der Waals surface area contributed by atoms with Crippen molar-refractivity contribution in [2.75, 3.05) is 26.2 Å². The van der Waals surface area contributed by atoms with Crippen molar-refractivity contribution in [2.24, 2.45) is 16.8 Å². The van der Waals surface area contributed by atoms with Crippen LogP contribution in [0.1, 0.15) is 25.3 Å². The molecule has 1 amide bonds. The molecular formula is C18H25ClN4O3S. The van der Waals surface area contributed by atoms with Crippen molar-refractivity contribution in [2.45, 2.75) is 30.7 Å². The summed E-state index contributed by atoms with van der Waals surface area (Å²) in [7, 11) is -3.58. The lowest BCUT2D eigenvalue weighted by atomic mass is 9.92. The molecule has 3 atom stereocenters. The van der Waals surface area contributed by atoms with Gasteiger partial charge < -0.3 is 10.2 Å². The monoisotopic (exact) mass is 412 g/mol. The van der Waals surface area contributed by atoms with Crippen LogP contribution in [0.3, 0.4) is 0 Å². The zero-order chi connectivity index (χ0) is 18.3. The van der Waals surface area contributed by atoms with Crippen LogP contribution in [0.5, 0.6) is 0 Å². The molecule has 148 valence electrons. The second-order valence-electron chi connectivity index (χ2n) is 7.34. The molecular weight excluding hydrogens is 388 g/mol. The number of benzene rings is 1. The van der Waals surface area contributed by atoms with Crippen molar-refractivity contribution in [3.05, 3.63) is 29.8 Å². The number of hydrogen-bond donors (Lipinski definition) is 2. The smallest absolute Gasteiger partial charge is 0.263 e. The summed E-state index contributed by atoms with van der Waals surface area (Å²) >= 11 is 0. The van der Waals surface area contributed by atoms with Crippen molar-refractivity contribution >= 4 is 34.2 Å². The molecule has 9 heteroatoms. The van der Waals surface area contributed by atoms with Crippen LogP contribution in [0.15, 0.2) is 34.2 Å². The highest BCUT2D eigenvalue weighted by molar-refractivity contribution is 7.90. The third-order valence-electron chi connectivity index (χ3n) is 5.67. The number of carbonyl (C=O) groups excluding carboxylic acids is 1. The first kappa shape index (κ1) is 20.1. The Kier molecular flexibility index (Phi) is 5.79. The number of nitrogens with zero attached hydrogens (tertiary/aromatic N) is 2. The Hall–Kier alpha value is -1.64. The number of aliphatic imine (C=N–C) groups is 1. The molecule has 0 radical (unpaired) electrons. The van der Waals surface area contributed by atoms with E-state index in [-0.39, 0.29) is 29.0 Å². The van der Waals surface area contributed by atoms with E-state index >= 15 is 0 Å². The first-order valence-electron chi connectivity index (χ1n) is 9.15. The molecule has 1 unspecified atom stereocenters. The fourth-order valence-corrected chi connectivity index (χ4v) is 5.42. The predicted molar refractivity (Wildman–Crippen MR) is 106 cm³/mol. The largest absolute Gasteiger partial charge is 0.341 e. The van der Waals surface area contributed by atoms with Crippen molar-refractivity contribution in [3.8, 4) is 0 Å². The lowest BCUT2D eigenvalue weighted by molar-refractivity contribution is -0.132. The Morgan fingerprint density at radius 3 is 2.48 bits per heavy atom. The lowest BCUT2D eigenvalue weighted by Gasteiger charge is -2.23. The third kappa shape index (κ3) is 3.83. The zero-order valence-corrected chi connectivity index (χ0v) is 16.9. The molecule has 0 aromatic heterocycles. The average Bonchev–Trinajstić information content (AvgIpc) is 3.10. The molecule has 1 aromatic rings. The highest BCUT2D eigenvalue weighted by atomic mass is 35.5. The van der Waals surface area contributed by atoms with Crippen molar-refractivity contribution < 1.29 is 13.2 Å². The summed E-state index contributed by atoms with van der Waals surface area (Å²) in [4.78, 5) is 19.4. The molecule has 0 spiro atoms. The van der Waals surface area contributed by atoms with E-state index in [2.05, 4.69) is 15.0 Å². The number of carbonyl (C=O) groups is 1. The maximum atomic E-state index is 12.9. The van der Waals surface area contributed by atoms with Gasteiger partial charge >= 0.3 is 0 Å². The minimum atomic E-state index is -3.58. The number of rotatable bonds is 2. The highest BCUT2D eigenvalue weighted by Crippen LogP contribution is 2.28. The van der Waals surface area contributed by atoms with Gasteiger partial charge in [-0.3, -0.25) is 14.5 Å². The summed E-state index contributed by atoms with van der Waals surface area (Å²) in [6.07, 6.45) is 2.03. The van der Waals surface area contributed by atoms with Gasteiger partial charge in [0.1, 0.15) is 11.9 Å². The summed E-state index contributed by atoms with van der Waals surface area (Å²) in [5.74, 6) is 1.54. The molecule has 2 saturated heterocycles. The molecule has 3 aliphatic rings. The number of likely N-dealkylation sites (tertiary alicyclic amines) is 1. The Bertz CT molecular complexity index is 844. The van der Waals surface area contributed by atoms with Gasteiger partial charge in [-0.1, -0.05) is 12.1 Å². The van der Waals surface area contributed by atoms with Crippen molar-refractivity contribution in [1.82, 2.24) is 14.9 Å². The second kappa shape index (κ2) is 7.77. The number of sulfonamides is 1. The van der Waals surface area contributed by atoms with Gasteiger partial charge in [0.05, 0.1) is 4.90 Å². The summed E-state index contributed by atoms with van der Waals surface area (Å²) in [5, 5.41) is 3.43. The van der Waals surface area contributed by atoms with Crippen molar-refractivity contribution in [1.29, 1.82) is 0 Å². The topological polar surface area (TPSA) is 90.9 Å². The van der Waals surface area contributed by atoms with Gasteiger partial charge in [-0.2, -0.15) is 0 Å². The minimum Gasteiger partial charge on any atom is -0.341 e. The normalized spacial score (nSPS) is 28.5. The van der Waals surface area contributed by atoms with Gasteiger partial charge in [0.15, 0.2) is 0 Å². The van der Waals surface area contributed by atoms with E-state index in [1.807, 2.05) is 4.90 Å². The molecule has 2 fully saturated rings. The number of amides is 1. The second-order valence-corrected chi connectivity index (χ2v) is 8.99. The third-order valence-corrected chi connectivity index (χ3v) is 7.07. The van der Waals surface area contributed by atoms with E-state index in [1.165, 1.54) is 0 Å². The first-order valence-corrected chi connectivity index (χ1v) is 10.6. The van der Waals surface area contributed by atoms with Gasteiger partial charge in [0.2, 0.25) is 5.91 Å². The van der Waals surface area contributed by atoms with Gasteiger partial charge in [-0.15, -0.1) is 12.4 Å². The summed E-state index contributed by atoms with van der Waals surface area (Å²) < 4.78 is 26.8. The number of halogens is 1. The Balaban J connectivity index is 0.00000210. The van der Waals surface area contributed by atoms with Crippen LogP contribution in [0.25, 0.3) is 0 Å². The summed E-state index contributed by atoms with van der Waals surface area (Å²) in [6.45, 7) is 5.32. The Morgan fingerprint density at radius 2 is 1.81 bits per heavy atom. The number of hydrogen-bond acceptors (Lipinski definition) is 5. The van der Waals surface area contributed by atoms with E-state index < -0.39 is 16.1 Å². The van der Waals surface area contributed by atoms with Crippen molar-refractivity contribution in [3.63, 3.8) is 0 Å². The molecule has 0 aliphatic carbocycles. The maximum Gasteiger partial charge on any atom is 0.263 e. The van der Waals surface area contributed by atoms with E-state index in [4.69, 9.17) is 0 Å². The molecule has 1 aromatic carbocycles. The molecule has 0 bridgehead atoms. The molecule has 3 heterocycles. The number of fused-ring (bicyclic) bond motifs is 2. The van der Waals surface area contributed by atoms with Crippen LogP contribution >= 0.6 is 12.4 Å². The van der Waals surface area contributed by atoms with Crippen LogP contribution in [0.2, 0.25) is 0 Å². The molecule has 7 nitrogen and oxygen atoms in total. The van der Waals surface area contributed by atoms with Gasteiger partial charge in [0.25, 0.3) is 10.0 Å². The molecule has 4 rings (SSSR count). The Labute approximate surface area is 166 Å². The first-order chi connectivity index (χ1) is 12.5. The SMILES string of the molecule is CC(N=C1NS(=O)(=O)c2ccccc21)C(=O)N1CC[C@@H]2CNC[C@@H]2CC1.Cl. The average molecular weight is 413 g/mol. The van der Waals surface area contributed by atoms with Crippen LogP contribution < -0.4 is 10.0 Å². The van der Waals surface area contributed by atoms with Crippen LogP contribution in [-0.4, -0.2) is 57.3 Å². The van der Waals surface area contributed by atoms with E-state index in [1.54, 1.807) is 31.2 Å². The summed E-state index contributed by atoms with van der Waals surface area (Å²) in [5.41, 5.74) is 0.531. The fourth-order valence-electron chi connectivity index (χ4n) is 4.18. The van der Waals surface area contributed by atoms with E-state index in [0.717, 1.165) is 39.0 Å². The number of amidine groups is 1. The van der Waals surface area contributed by atoms with Gasteiger partial charge in [0, 0.05) is 18.7 Å². The molecule has 27 heavy (non-hydrogen) atoms. The van der Waals surface area contributed by atoms with E-state index in [9.17, 15) is 13.2 Å². The molecule has 2 N–H and O–H groups in total. The molecule has 3 aliphatic heterocycles. The predicted octanol–water partition coefficient (Wildman–Crippen LogP) is 0.993. The van der Waals surface area contributed by atoms with Crippen LogP contribution in [0.4, 0.5) is 0 Å². The van der Waals surface area contributed by atoms with Crippen LogP contribution in [-0.2, 0) is 14.8 Å². The Morgan fingerprint density at radius 1 is 1.19 bits per heavy atom. The zero-order valence-electron chi connectivity index (χ0n) is 15.2. The van der Waals surface area contributed by atoms with Crippen LogP contribution in [0, 0.1) is 11.8 Å². The summed E-state index contributed by atoms with van der Waals surface area (Å²) in [6, 6.07) is 6.09. The minimum absolute atomic E-state index is 0. The molecule has 0 saturated carbocycles. The maximum absolute atomic E-state index is 12.9. The number of nitrogens with one attached hydrogen (secondary N) is 2. The van der Waals surface area contributed by atoms with Gasteiger partial charge in [-0.05, 0) is 56.8 Å². The standard InChI is InChI=1S/C18H24N4O3S.ClH/c1-12(18(23)22-8-6-13-10-19-11-14(13)7-9-22)20-17-15-4-2-3-5-16(15)26(24,25)21-17;/h2-5,12-14,19H,6-11H2,1H3,(H,20,21);1H/t12?,13-,14+;. The lowest BCUT2D eigenvalue weighted by Crippen LogP contribution is -2.39. The quantitative estimate of drug-likeness (QED) is 0.758.